The fourth-order valence-corrected chi connectivity index (χ4v) is 1.97. The van der Waals surface area contributed by atoms with Gasteiger partial charge in [-0.05, 0) is 32.9 Å². The Balaban J connectivity index is 2.49. The number of halogens is 3. The number of nitrogens with one attached hydrogen (secondary N) is 3. The number of guanidine groups is 1. The number of hydrogen-bond acceptors (Lipinski definition) is 4. The van der Waals surface area contributed by atoms with E-state index in [0.29, 0.717) is 12.5 Å². The Morgan fingerprint density at radius 1 is 1.19 bits per heavy atom. The van der Waals surface area contributed by atoms with Crippen LogP contribution in [0, 0.1) is 5.82 Å². The zero-order valence-electron chi connectivity index (χ0n) is 15.7. The van der Waals surface area contributed by atoms with Crippen LogP contribution in [0.2, 0.25) is 0 Å². The molecule has 0 radical (unpaired) electrons. The highest BCUT2D eigenvalue weighted by atomic mass is 19.3. The van der Waals surface area contributed by atoms with E-state index in [1.54, 1.807) is 20.8 Å². The Kier molecular flexibility index (Phi) is 8.70. The molecule has 0 aliphatic heterocycles. The second-order valence-corrected chi connectivity index (χ2v) is 6.38. The lowest BCUT2D eigenvalue weighted by Crippen LogP contribution is -2.42. The van der Waals surface area contributed by atoms with Crippen LogP contribution in [0.3, 0.4) is 0 Å². The van der Waals surface area contributed by atoms with Gasteiger partial charge in [0.1, 0.15) is 17.2 Å². The average Bonchev–Trinajstić information content (AvgIpc) is 2.54. The summed E-state index contributed by atoms with van der Waals surface area (Å²) >= 11 is 0. The number of carbonyl (C=O) groups is 1. The van der Waals surface area contributed by atoms with Crippen LogP contribution in [0.1, 0.15) is 26.3 Å². The van der Waals surface area contributed by atoms with E-state index in [0.717, 1.165) is 6.07 Å². The molecule has 1 aromatic carbocycles. The first-order valence-electron chi connectivity index (χ1n) is 8.26. The van der Waals surface area contributed by atoms with Crippen molar-refractivity contribution in [3.63, 3.8) is 0 Å². The van der Waals surface area contributed by atoms with E-state index in [4.69, 9.17) is 4.74 Å². The number of ether oxygens (including phenoxy) is 2. The standard InChI is InChI=1S/C17H25F3N4O3/c1-17(2,3)27-16(25)23-9-8-22-15(21-4)24-10-11-12(18)6-5-7-13(11)26-14(19)20/h5-7,14H,8-10H2,1-4H3,(H,23,25)(H2,21,22,24). The van der Waals surface area contributed by atoms with E-state index >= 15 is 0 Å². The molecule has 1 amide bonds. The largest absolute Gasteiger partial charge is 0.444 e. The number of aliphatic imine (C=N–C) groups is 1. The summed E-state index contributed by atoms with van der Waals surface area (Å²) < 4.78 is 48.2. The van der Waals surface area contributed by atoms with E-state index < -0.39 is 24.1 Å². The molecule has 27 heavy (non-hydrogen) atoms. The van der Waals surface area contributed by atoms with Crippen molar-refractivity contribution >= 4 is 12.1 Å². The lowest BCUT2D eigenvalue weighted by molar-refractivity contribution is -0.0506. The van der Waals surface area contributed by atoms with Crippen molar-refractivity contribution in [2.75, 3.05) is 20.1 Å². The quantitative estimate of drug-likeness (QED) is 0.379. The molecule has 0 fully saturated rings. The van der Waals surface area contributed by atoms with Gasteiger partial charge < -0.3 is 25.4 Å². The Hall–Kier alpha value is -2.65. The summed E-state index contributed by atoms with van der Waals surface area (Å²) in [6.45, 7) is 2.67. The average molecular weight is 390 g/mol. The normalized spacial score (nSPS) is 11.9. The number of alkyl halides is 2. The predicted molar refractivity (Wildman–Crippen MR) is 95.5 cm³/mol. The maximum Gasteiger partial charge on any atom is 0.407 e. The van der Waals surface area contributed by atoms with Gasteiger partial charge in [-0.15, -0.1) is 0 Å². The Morgan fingerprint density at radius 3 is 2.44 bits per heavy atom. The van der Waals surface area contributed by atoms with Gasteiger partial charge in [-0.2, -0.15) is 8.78 Å². The van der Waals surface area contributed by atoms with Gasteiger partial charge in [0.15, 0.2) is 5.96 Å². The van der Waals surface area contributed by atoms with Crippen molar-refractivity contribution < 1.29 is 27.4 Å². The van der Waals surface area contributed by atoms with Crippen LogP contribution in [0.25, 0.3) is 0 Å². The second-order valence-electron chi connectivity index (χ2n) is 6.38. The number of carbonyl (C=O) groups excluding carboxylic acids is 1. The lowest BCUT2D eigenvalue weighted by atomic mass is 10.2. The van der Waals surface area contributed by atoms with Gasteiger partial charge in [0.2, 0.25) is 0 Å². The van der Waals surface area contributed by atoms with Gasteiger partial charge in [-0.3, -0.25) is 4.99 Å². The Labute approximate surface area is 156 Å². The first-order valence-corrected chi connectivity index (χ1v) is 8.26. The molecule has 152 valence electrons. The highest BCUT2D eigenvalue weighted by molar-refractivity contribution is 5.79. The van der Waals surface area contributed by atoms with Gasteiger partial charge >= 0.3 is 12.7 Å². The Morgan fingerprint density at radius 2 is 1.85 bits per heavy atom. The minimum atomic E-state index is -3.05. The third-order valence-electron chi connectivity index (χ3n) is 3.03. The molecule has 10 heteroatoms. The highest BCUT2D eigenvalue weighted by Crippen LogP contribution is 2.23. The zero-order valence-corrected chi connectivity index (χ0v) is 15.7. The van der Waals surface area contributed by atoms with E-state index in [1.807, 2.05) is 0 Å². The number of amides is 1. The van der Waals surface area contributed by atoms with Crippen molar-refractivity contribution in [1.82, 2.24) is 16.0 Å². The first kappa shape index (κ1) is 22.4. The van der Waals surface area contributed by atoms with E-state index in [1.165, 1.54) is 19.2 Å². The molecule has 1 aromatic rings. The molecule has 0 aliphatic rings. The summed E-state index contributed by atoms with van der Waals surface area (Å²) in [5.74, 6) is -0.630. The second kappa shape index (κ2) is 10.5. The molecule has 3 N–H and O–H groups in total. The molecule has 0 atom stereocenters. The van der Waals surface area contributed by atoms with Crippen molar-refractivity contribution in [2.24, 2.45) is 4.99 Å². The van der Waals surface area contributed by atoms with E-state index in [2.05, 4.69) is 25.7 Å². The maximum atomic E-state index is 13.9. The minimum Gasteiger partial charge on any atom is -0.444 e. The van der Waals surface area contributed by atoms with Crippen LogP contribution in [0.4, 0.5) is 18.0 Å². The molecule has 0 spiro atoms. The van der Waals surface area contributed by atoms with Crippen LogP contribution >= 0.6 is 0 Å². The van der Waals surface area contributed by atoms with Crippen LogP contribution in [0.15, 0.2) is 23.2 Å². The predicted octanol–water partition coefficient (Wildman–Crippen LogP) is 2.62. The van der Waals surface area contributed by atoms with Gasteiger partial charge in [0.05, 0.1) is 0 Å². The van der Waals surface area contributed by atoms with Gasteiger partial charge in [0.25, 0.3) is 0 Å². The van der Waals surface area contributed by atoms with Crippen LogP contribution in [-0.2, 0) is 11.3 Å². The summed E-state index contributed by atoms with van der Waals surface area (Å²) in [5, 5.41) is 8.25. The molecular formula is C17H25F3N4O3. The van der Waals surface area contributed by atoms with Crippen LogP contribution in [-0.4, -0.2) is 44.4 Å². The van der Waals surface area contributed by atoms with Crippen molar-refractivity contribution in [3.8, 4) is 5.75 Å². The zero-order chi connectivity index (χ0) is 20.4. The topological polar surface area (TPSA) is 84.0 Å². The van der Waals surface area contributed by atoms with E-state index in [9.17, 15) is 18.0 Å². The van der Waals surface area contributed by atoms with Crippen molar-refractivity contribution in [2.45, 2.75) is 39.5 Å². The summed E-state index contributed by atoms with van der Waals surface area (Å²) in [6, 6.07) is 3.69. The fraction of sp³-hybridized carbons (Fsp3) is 0.529. The van der Waals surface area contributed by atoms with Gasteiger partial charge in [0, 0.05) is 32.2 Å². The molecule has 0 saturated carbocycles. The molecule has 0 heterocycles. The first-order chi connectivity index (χ1) is 12.6. The number of nitrogens with zero attached hydrogens (tertiary/aromatic N) is 1. The lowest BCUT2D eigenvalue weighted by Gasteiger charge is -2.20. The number of alkyl carbamates (subject to hydrolysis) is 1. The highest BCUT2D eigenvalue weighted by Gasteiger charge is 2.16. The summed E-state index contributed by atoms with van der Waals surface area (Å²) in [5.41, 5.74) is -0.639. The van der Waals surface area contributed by atoms with Crippen molar-refractivity contribution in [1.29, 1.82) is 0 Å². The number of benzene rings is 1. The molecule has 0 aliphatic carbocycles. The summed E-state index contributed by atoms with van der Waals surface area (Å²) in [7, 11) is 1.49. The molecular weight excluding hydrogens is 365 g/mol. The summed E-state index contributed by atoms with van der Waals surface area (Å²) in [6.07, 6.45) is -0.549. The van der Waals surface area contributed by atoms with E-state index in [-0.39, 0.29) is 24.4 Å². The van der Waals surface area contributed by atoms with Gasteiger partial charge in [-0.1, -0.05) is 6.07 Å². The number of hydrogen-bond donors (Lipinski definition) is 3. The monoisotopic (exact) mass is 390 g/mol. The molecule has 0 bridgehead atoms. The SMILES string of the molecule is CN=C(NCCNC(=O)OC(C)(C)C)NCc1c(F)cccc1OC(F)F. The summed E-state index contributed by atoms with van der Waals surface area (Å²) in [4.78, 5) is 15.5. The fourth-order valence-electron chi connectivity index (χ4n) is 1.97. The molecule has 1 rings (SSSR count). The minimum absolute atomic E-state index is 0.0485. The Bertz CT molecular complexity index is 649. The third-order valence-corrected chi connectivity index (χ3v) is 3.03. The molecule has 0 aromatic heterocycles. The maximum absolute atomic E-state index is 13.9. The van der Waals surface area contributed by atoms with Crippen LogP contribution < -0.4 is 20.7 Å². The smallest absolute Gasteiger partial charge is 0.407 e. The van der Waals surface area contributed by atoms with Crippen molar-refractivity contribution in [3.05, 3.63) is 29.6 Å². The third kappa shape index (κ3) is 9.02. The molecule has 7 nitrogen and oxygen atoms in total. The van der Waals surface area contributed by atoms with Gasteiger partial charge in [-0.25, -0.2) is 9.18 Å². The molecule has 0 unspecified atom stereocenters. The van der Waals surface area contributed by atoms with Crippen LogP contribution in [0.5, 0.6) is 5.75 Å². The number of rotatable bonds is 7. The molecule has 0 saturated heterocycles.